The van der Waals surface area contributed by atoms with Crippen molar-refractivity contribution in [2.75, 3.05) is 31.5 Å². The van der Waals surface area contributed by atoms with Gasteiger partial charge in [-0.25, -0.2) is 0 Å². The van der Waals surface area contributed by atoms with Gasteiger partial charge in [0.2, 0.25) is 5.24 Å². The van der Waals surface area contributed by atoms with Gasteiger partial charge < -0.3 is 22.9 Å². The van der Waals surface area contributed by atoms with Gasteiger partial charge in [-0.1, -0.05) is 81.6 Å². The molecular formula is C42H84Cl4N4O3. The fourth-order valence-electron chi connectivity index (χ4n) is 8.53. The molecule has 0 saturated heterocycles. The predicted molar refractivity (Wildman–Crippen MR) is 234 cm³/mol. The van der Waals surface area contributed by atoms with Crippen molar-refractivity contribution in [1.82, 2.24) is 0 Å². The third-order valence-electron chi connectivity index (χ3n) is 11.6. The van der Waals surface area contributed by atoms with E-state index in [1.807, 2.05) is 0 Å². The first-order valence-electron chi connectivity index (χ1n) is 20.6. The van der Waals surface area contributed by atoms with Crippen molar-refractivity contribution in [3.8, 4) is 0 Å². The molecule has 3 rings (SSSR count). The first-order chi connectivity index (χ1) is 24.5. The van der Waals surface area contributed by atoms with Gasteiger partial charge >= 0.3 is 0 Å². The van der Waals surface area contributed by atoms with Crippen LogP contribution in [-0.2, 0) is 14.4 Å². The fourth-order valence-corrected chi connectivity index (χ4v) is 8.78. The van der Waals surface area contributed by atoms with Crippen LogP contribution < -0.4 is 22.9 Å². The van der Waals surface area contributed by atoms with Crippen LogP contribution in [0.5, 0.6) is 0 Å². The molecule has 0 spiro atoms. The van der Waals surface area contributed by atoms with E-state index in [4.69, 9.17) is 57.7 Å². The summed E-state index contributed by atoms with van der Waals surface area (Å²) in [5.41, 5.74) is 20.8. The van der Waals surface area contributed by atoms with Gasteiger partial charge in [-0.3, -0.25) is 14.4 Å². The zero-order chi connectivity index (χ0) is 40.4. The zero-order valence-corrected chi connectivity index (χ0v) is 38.3. The van der Waals surface area contributed by atoms with Crippen LogP contribution in [0.1, 0.15) is 146 Å². The number of nitrogens with two attached hydrogens (primary N) is 4. The predicted octanol–water partition coefficient (Wildman–Crippen LogP) is 10.2. The van der Waals surface area contributed by atoms with Crippen LogP contribution in [-0.4, -0.2) is 48.3 Å². The summed E-state index contributed by atoms with van der Waals surface area (Å²) < 4.78 is 0. The van der Waals surface area contributed by atoms with Gasteiger partial charge in [0.15, 0.2) is 0 Å². The average molecular weight is 835 g/mol. The normalized spacial score (nSPS) is 28.0. The van der Waals surface area contributed by atoms with E-state index in [0.717, 1.165) is 43.9 Å². The van der Waals surface area contributed by atoms with Gasteiger partial charge in [0.05, 0.1) is 5.34 Å². The van der Waals surface area contributed by atoms with E-state index in [0.29, 0.717) is 104 Å². The number of carbonyl (C=O) groups is 3. The molecule has 3 fully saturated rings. The summed E-state index contributed by atoms with van der Waals surface area (Å²) in [5.74, 6) is 7.40. The molecule has 0 aliphatic heterocycles. The minimum Gasteiger partial charge on any atom is -0.330 e. The van der Waals surface area contributed by atoms with E-state index in [1.165, 1.54) is 38.5 Å². The number of ketones is 2. The number of carbonyl (C=O) groups excluding carboxylic acids is 3. The molecule has 9 atom stereocenters. The molecule has 318 valence electrons. The zero-order valence-electron chi connectivity index (χ0n) is 35.2. The van der Waals surface area contributed by atoms with Crippen molar-refractivity contribution < 1.29 is 14.4 Å². The second kappa shape index (κ2) is 34.1. The molecule has 0 aromatic carbocycles. The molecule has 0 amide bonds. The molecular weight excluding hydrogens is 750 g/mol. The van der Waals surface area contributed by atoms with Gasteiger partial charge in [0.25, 0.3) is 0 Å². The summed E-state index contributed by atoms with van der Waals surface area (Å²) in [6.45, 7) is 22.6. The second-order valence-corrected chi connectivity index (χ2v) is 18.2. The molecule has 0 unspecified atom stereocenters. The second-order valence-electron chi connectivity index (χ2n) is 17.0. The molecule has 11 heteroatoms. The minimum atomic E-state index is -0.120. The summed E-state index contributed by atoms with van der Waals surface area (Å²) in [5, 5.41) is 0.0743. The summed E-state index contributed by atoms with van der Waals surface area (Å²) in [4.78, 5) is 35.5. The van der Waals surface area contributed by atoms with Crippen LogP contribution >= 0.6 is 47.2 Å². The Kier molecular flexibility index (Phi) is 36.9. The molecule has 0 bridgehead atoms. The molecule has 53 heavy (non-hydrogen) atoms. The van der Waals surface area contributed by atoms with E-state index in [9.17, 15) is 14.4 Å². The number of hydrogen-bond acceptors (Lipinski definition) is 7. The van der Waals surface area contributed by atoms with Crippen LogP contribution in [0, 0.1) is 71.0 Å². The smallest absolute Gasteiger partial charge is 0.225 e. The summed E-state index contributed by atoms with van der Waals surface area (Å²) in [7, 11) is 0. The third kappa shape index (κ3) is 25.1. The molecule has 8 N–H and O–H groups in total. The Hall–Kier alpha value is 0.01000. The van der Waals surface area contributed by atoms with Gasteiger partial charge in [-0.2, -0.15) is 0 Å². The third-order valence-corrected chi connectivity index (χ3v) is 11.9. The Labute approximate surface area is 348 Å². The maximum absolute atomic E-state index is 12.2. The van der Waals surface area contributed by atoms with Crippen molar-refractivity contribution in [1.29, 1.82) is 0 Å². The summed E-state index contributed by atoms with van der Waals surface area (Å²) in [6, 6.07) is 0. The maximum atomic E-state index is 12.2. The first-order valence-corrected chi connectivity index (χ1v) is 22.1. The molecule has 0 aromatic rings. The molecule has 3 aliphatic rings. The van der Waals surface area contributed by atoms with E-state index >= 15 is 0 Å². The van der Waals surface area contributed by atoms with Gasteiger partial charge in [0, 0.05) is 43.7 Å². The van der Waals surface area contributed by atoms with Crippen LogP contribution in [0.3, 0.4) is 0 Å². The summed E-state index contributed by atoms with van der Waals surface area (Å²) in [6.07, 6.45) is 13.8. The Balaban J connectivity index is -0.000000646. The topological polar surface area (TPSA) is 155 Å². The quantitative estimate of drug-likeness (QED) is 0.106. The Bertz CT molecular complexity index is 877. The van der Waals surface area contributed by atoms with Crippen LogP contribution in [0.25, 0.3) is 0 Å². The first kappa shape index (κ1) is 57.3. The number of hydrogen-bond donors (Lipinski definition) is 4. The highest BCUT2D eigenvalue weighted by Gasteiger charge is 2.36. The van der Waals surface area contributed by atoms with Gasteiger partial charge in [-0.15, -0.1) is 35.6 Å². The van der Waals surface area contributed by atoms with E-state index in [2.05, 4.69) is 62.3 Å². The lowest BCUT2D eigenvalue weighted by Gasteiger charge is -2.36. The average Bonchev–Trinajstić information content (AvgIpc) is 3.09. The van der Waals surface area contributed by atoms with Crippen molar-refractivity contribution in [3.05, 3.63) is 0 Å². The van der Waals surface area contributed by atoms with Crippen molar-refractivity contribution in [3.63, 3.8) is 0 Å². The fraction of sp³-hybridized carbons (Fsp3) is 0.929. The molecule has 3 saturated carbocycles. The highest BCUT2D eigenvalue weighted by atomic mass is 35.5. The van der Waals surface area contributed by atoms with E-state index in [1.54, 1.807) is 0 Å². The number of Topliss-reactive ketones (excluding diaryl/α,β-unsaturated/α-hetero) is 2. The number of rotatable bonds is 13. The lowest BCUT2D eigenvalue weighted by atomic mass is 9.68. The van der Waals surface area contributed by atoms with Crippen molar-refractivity contribution >= 4 is 64.0 Å². The highest BCUT2D eigenvalue weighted by molar-refractivity contribution is 6.64. The Morgan fingerprint density at radius 3 is 1.02 bits per heavy atom. The standard InChI is InChI=1S/2C14H27NO.C11H19ClO.C2H8N2.CH2Cl2.ClH/c2*1-10(2)12-7-6-11(3)9-13(12)14(16)5-4-8-15;1-7(2)9-5-4-8(3)6-10(9)11(12)13;3-1-2-4;2-1-3;/h2*10-13H,4-9,15H2,1-3H3;7-10H,4-6H2,1-3H3;1-4H2;1H2;1H/t2*11-,12+,13-;8-,9+,10-;;;/m111.../s1. The molecule has 3 aliphatic carbocycles. The van der Waals surface area contributed by atoms with Gasteiger partial charge in [0.1, 0.15) is 11.6 Å². The lowest BCUT2D eigenvalue weighted by Crippen LogP contribution is -2.33. The van der Waals surface area contributed by atoms with Crippen LogP contribution in [0.4, 0.5) is 0 Å². The number of alkyl halides is 2. The van der Waals surface area contributed by atoms with Crippen LogP contribution in [0.15, 0.2) is 0 Å². The van der Waals surface area contributed by atoms with Crippen molar-refractivity contribution in [2.45, 2.75) is 146 Å². The largest absolute Gasteiger partial charge is 0.330 e. The molecule has 0 aromatic heterocycles. The lowest BCUT2D eigenvalue weighted by molar-refractivity contribution is -0.127. The Morgan fingerprint density at radius 1 is 0.528 bits per heavy atom. The minimum absolute atomic E-state index is 0. The highest BCUT2D eigenvalue weighted by Crippen LogP contribution is 2.41. The molecule has 0 heterocycles. The van der Waals surface area contributed by atoms with Crippen LogP contribution in [0.2, 0.25) is 0 Å². The summed E-state index contributed by atoms with van der Waals surface area (Å²) >= 11 is 15.1. The van der Waals surface area contributed by atoms with E-state index in [-0.39, 0.29) is 28.9 Å². The van der Waals surface area contributed by atoms with Crippen molar-refractivity contribution in [2.24, 2.45) is 93.9 Å². The maximum Gasteiger partial charge on any atom is 0.225 e. The van der Waals surface area contributed by atoms with Gasteiger partial charge in [-0.05, 0) is 129 Å². The molecule has 0 radical (unpaired) electrons. The SMILES string of the molecule is CC(C)[C@@H]1CC[C@@H](C)C[C@H]1C(=O)CCCN.CC(C)[C@@H]1CC[C@@H](C)C[C@H]1C(=O)CCCN.CC(C)[C@@H]1CC[C@@H](C)C[C@H]1C(=O)Cl.Cl.ClCCl.NCCN. The molecule has 7 nitrogen and oxygen atoms in total. The van der Waals surface area contributed by atoms with E-state index < -0.39 is 0 Å². The Morgan fingerprint density at radius 2 is 0.792 bits per heavy atom. The monoisotopic (exact) mass is 833 g/mol. The number of halogens is 4.